The number of nitrogens with zero attached hydrogens (tertiary/aromatic N) is 2. The number of amides is 2. The monoisotopic (exact) mass is 443 g/mol. The highest BCUT2D eigenvalue weighted by Crippen LogP contribution is 2.58. The number of halogens is 2. The van der Waals surface area contributed by atoms with Crippen molar-refractivity contribution in [1.82, 2.24) is 14.8 Å². The summed E-state index contributed by atoms with van der Waals surface area (Å²) in [5.41, 5.74) is -1.47. The van der Waals surface area contributed by atoms with Crippen LogP contribution < -0.4 is 10.7 Å². The van der Waals surface area contributed by atoms with Gasteiger partial charge in [-0.3, -0.25) is 14.4 Å². The maximum atomic E-state index is 13.8. The summed E-state index contributed by atoms with van der Waals surface area (Å²) in [4.78, 5) is 40.1. The summed E-state index contributed by atoms with van der Waals surface area (Å²) in [6.07, 6.45) is 2.62. The predicted molar refractivity (Wildman–Crippen MR) is 105 cm³/mol. The van der Waals surface area contributed by atoms with Gasteiger partial charge in [0.25, 0.3) is 11.8 Å². The number of aromatic nitrogens is 1. The third-order valence-corrected chi connectivity index (χ3v) is 7.08. The summed E-state index contributed by atoms with van der Waals surface area (Å²) in [6.45, 7) is -0.0916. The van der Waals surface area contributed by atoms with Gasteiger partial charge in [0, 0.05) is 30.4 Å². The van der Waals surface area contributed by atoms with Crippen molar-refractivity contribution in [2.45, 2.75) is 44.3 Å². The Hall–Kier alpha value is -3.27. The fourth-order valence-corrected chi connectivity index (χ4v) is 5.47. The van der Waals surface area contributed by atoms with E-state index < -0.39 is 40.9 Å². The average Bonchev–Trinajstić information content (AvgIpc) is 3.50. The molecule has 10 heteroatoms. The van der Waals surface area contributed by atoms with Crippen LogP contribution in [0.1, 0.15) is 39.3 Å². The van der Waals surface area contributed by atoms with E-state index in [0.717, 1.165) is 18.9 Å². The molecule has 1 saturated heterocycles. The first-order valence-corrected chi connectivity index (χ1v) is 10.5. The van der Waals surface area contributed by atoms with Crippen molar-refractivity contribution >= 4 is 11.8 Å². The topological polar surface area (TPSA) is 101 Å². The van der Waals surface area contributed by atoms with E-state index in [4.69, 9.17) is 4.74 Å². The Morgan fingerprint density at radius 1 is 1.22 bits per heavy atom. The van der Waals surface area contributed by atoms with Gasteiger partial charge >= 0.3 is 0 Å². The Balaban J connectivity index is 1.29. The molecule has 2 aromatic rings. The van der Waals surface area contributed by atoms with Crippen LogP contribution in [0.4, 0.5) is 8.78 Å². The van der Waals surface area contributed by atoms with Crippen molar-refractivity contribution in [1.29, 1.82) is 0 Å². The van der Waals surface area contributed by atoms with E-state index in [1.807, 2.05) is 0 Å². The molecule has 8 nitrogen and oxygen atoms in total. The number of pyridine rings is 1. The third kappa shape index (κ3) is 2.72. The fraction of sp³-hybridized carbons (Fsp3) is 0.409. The summed E-state index contributed by atoms with van der Waals surface area (Å²) in [6, 6.07) is 2.99. The zero-order valence-electron chi connectivity index (χ0n) is 16.8. The molecule has 2 N–H and O–H groups in total. The van der Waals surface area contributed by atoms with Crippen molar-refractivity contribution < 1.29 is 28.2 Å². The van der Waals surface area contributed by atoms with Crippen molar-refractivity contribution in [3.05, 3.63) is 63.1 Å². The second kappa shape index (κ2) is 6.61. The van der Waals surface area contributed by atoms with E-state index in [9.17, 15) is 28.3 Å². The summed E-state index contributed by atoms with van der Waals surface area (Å²) in [7, 11) is 0. The summed E-state index contributed by atoms with van der Waals surface area (Å²) in [5, 5.41) is 12.9. The summed E-state index contributed by atoms with van der Waals surface area (Å²) >= 11 is 0. The van der Waals surface area contributed by atoms with Crippen molar-refractivity contribution in [3.63, 3.8) is 0 Å². The number of carbonyl (C=O) groups excluding carboxylic acids is 2. The number of rotatable bonds is 3. The van der Waals surface area contributed by atoms with Crippen molar-refractivity contribution in [3.8, 4) is 5.75 Å². The lowest BCUT2D eigenvalue weighted by molar-refractivity contribution is -0.144. The average molecular weight is 443 g/mol. The lowest BCUT2D eigenvalue weighted by atomic mass is 10.0. The van der Waals surface area contributed by atoms with Gasteiger partial charge in [0.2, 0.25) is 5.43 Å². The van der Waals surface area contributed by atoms with Crippen LogP contribution in [-0.4, -0.2) is 44.8 Å². The van der Waals surface area contributed by atoms with Gasteiger partial charge in [-0.2, -0.15) is 0 Å². The number of benzene rings is 1. The Labute approximate surface area is 180 Å². The molecule has 1 aromatic heterocycles. The van der Waals surface area contributed by atoms with Gasteiger partial charge in [0.05, 0.1) is 12.6 Å². The normalized spacial score (nSPS) is 29.2. The smallest absolute Gasteiger partial charge is 0.276 e. The van der Waals surface area contributed by atoms with Crippen LogP contribution in [0.15, 0.2) is 29.2 Å². The number of fused-ring (bicyclic) bond motifs is 8. The highest BCUT2D eigenvalue weighted by molar-refractivity contribution is 5.99. The molecule has 5 atom stereocenters. The second-order valence-electron chi connectivity index (χ2n) is 8.85. The molecule has 0 radical (unpaired) electrons. The van der Waals surface area contributed by atoms with Crippen LogP contribution in [-0.2, 0) is 17.8 Å². The molecule has 4 aliphatic rings. The predicted octanol–water partition coefficient (Wildman–Crippen LogP) is 1.35. The van der Waals surface area contributed by atoms with Crippen LogP contribution in [0.2, 0.25) is 0 Å². The molecule has 166 valence electrons. The zero-order chi connectivity index (χ0) is 22.3. The SMILES string of the molecule is O=C(NCc1ccc(F)cc1F)c1cn2c(c(O)c1=O)C(=O)N1C(C2)O[C@@H]2C[C@H]1[C@@H]1C[C@@H]12. The molecule has 2 aliphatic heterocycles. The number of hydrogen-bond donors (Lipinski definition) is 2. The van der Waals surface area contributed by atoms with E-state index in [0.29, 0.717) is 17.9 Å². The molecule has 0 spiro atoms. The molecule has 3 heterocycles. The Bertz CT molecular complexity index is 1240. The lowest BCUT2D eigenvalue weighted by Crippen LogP contribution is -2.58. The van der Waals surface area contributed by atoms with Crippen LogP contribution in [0.5, 0.6) is 5.75 Å². The molecule has 3 fully saturated rings. The zero-order valence-corrected chi connectivity index (χ0v) is 16.8. The molecule has 32 heavy (non-hydrogen) atoms. The number of carbonyl (C=O) groups is 2. The summed E-state index contributed by atoms with van der Waals surface area (Å²) < 4.78 is 34.4. The van der Waals surface area contributed by atoms with Gasteiger partial charge in [-0.15, -0.1) is 0 Å². The number of aromatic hydroxyl groups is 1. The van der Waals surface area contributed by atoms with E-state index >= 15 is 0 Å². The molecule has 2 aliphatic carbocycles. The molecule has 2 bridgehead atoms. The molecule has 2 amide bonds. The highest BCUT2D eigenvalue weighted by atomic mass is 19.1. The van der Waals surface area contributed by atoms with Crippen LogP contribution in [0.25, 0.3) is 0 Å². The fourth-order valence-electron chi connectivity index (χ4n) is 5.47. The Morgan fingerprint density at radius 3 is 2.81 bits per heavy atom. The molecule has 2 saturated carbocycles. The van der Waals surface area contributed by atoms with Gasteiger partial charge in [-0.25, -0.2) is 8.78 Å². The first-order valence-electron chi connectivity index (χ1n) is 10.5. The van der Waals surface area contributed by atoms with E-state index in [-0.39, 0.29) is 42.1 Å². The standard InChI is InChI=1S/C22H19F2N3O5/c23-10-2-1-9(14(24)3-10)6-25-21(30)13-7-26-8-17-27(22(31)18(26)20(29)19(13)28)15-5-16(32-17)12-4-11(12)15/h1-3,7,11-12,15-17,29H,4-6,8H2,(H,25,30)/t11-,12+,15+,16-,17?/m1/s1. The highest BCUT2D eigenvalue weighted by Gasteiger charge is 2.63. The molecule has 1 unspecified atom stereocenters. The molecular formula is C22H19F2N3O5. The minimum atomic E-state index is -0.980. The minimum Gasteiger partial charge on any atom is -0.503 e. The largest absolute Gasteiger partial charge is 0.503 e. The van der Waals surface area contributed by atoms with Crippen molar-refractivity contribution in [2.75, 3.05) is 0 Å². The number of nitrogens with one attached hydrogen (secondary N) is 1. The molecule has 6 rings (SSSR count). The van der Waals surface area contributed by atoms with Crippen LogP contribution in [0, 0.1) is 23.5 Å². The lowest BCUT2D eigenvalue weighted by Gasteiger charge is -2.45. The first kappa shape index (κ1) is 19.4. The van der Waals surface area contributed by atoms with Gasteiger partial charge < -0.3 is 24.6 Å². The maximum absolute atomic E-state index is 13.8. The Morgan fingerprint density at radius 2 is 2.03 bits per heavy atom. The minimum absolute atomic E-state index is 0.0394. The van der Waals surface area contributed by atoms with Gasteiger partial charge in [-0.05, 0) is 30.7 Å². The van der Waals surface area contributed by atoms with E-state index in [1.54, 1.807) is 4.90 Å². The summed E-state index contributed by atoms with van der Waals surface area (Å²) in [5.74, 6) is -2.82. The van der Waals surface area contributed by atoms with Crippen LogP contribution >= 0.6 is 0 Å². The quantitative estimate of drug-likeness (QED) is 0.746. The number of hydrogen-bond acceptors (Lipinski definition) is 5. The first-order chi connectivity index (χ1) is 15.3. The van der Waals surface area contributed by atoms with Crippen LogP contribution in [0.3, 0.4) is 0 Å². The molecule has 1 aromatic carbocycles. The van der Waals surface area contributed by atoms with Gasteiger partial charge in [0.15, 0.2) is 17.7 Å². The van der Waals surface area contributed by atoms with E-state index in [2.05, 4.69) is 5.32 Å². The van der Waals surface area contributed by atoms with Gasteiger partial charge in [0.1, 0.15) is 17.2 Å². The Kier molecular flexibility index (Phi) is 4.01. The molecular weight excluding hydrogens is 424 g/mol. The maximum Gasteiger partial charge on any atom is 0.276 e. The van der Waals surface area contributed by atoms with Gasteiger partial charge in [-0.1, -0.05) is 6.07 Å². The third-order valence-electron chi connectivity index (χ3n) is 7.08. The number of ether oxygens (including phenoxy) is 1. The van der Waals surface area contributed by atoms with E-state index in [1.165, 1.54) is 16.8 Å². The second-order valence-corrected chi connectivity index (χ2v) is 8.85. The van der Waals surface area contributed by atoms with Crippen molar-refractivity contribution in [2.24, 2.45) is 11.8 Å².